The predicted molar refractivity (Wildman–Crippen MR) is 102 cm³/mol. The second-order valence-electron chi connectivity index (χ2n) is 6.02. The topological polar surface area (TPSA) is 76.4 Å². The molecule has 3 aromatic rings. The minimum absolute atomic E-state index is 0.124. The van der Waals surface area contributed by atoms with Crippen LogP contribution in [0.15, 0.2) is 72.8 Å². The molecule has 0 heterocycles. The molecule has 9 heteroatoms. The molecule has 0 aliphatic rings. The van der Waals surface area contributed by atoms with Gasteiger partial charge in [-0.25, -0.2) is 5.43 Å². The first-order valence-electron chi connectivity index (χ1n) is 8.49. The van der Waals surface area contributed by atoms with Crippen LogP contribution in [-0.2, 0) is 12.7 Å². The Balaban J connectivity index is 1.77. The zero-order valence-electron chi connectivity index (χ0n) is 14.9. The van der Waals surface area contributed by atoms with Gasteiger partial charge in [0.25, 0.3) is 5.69 Å². The lowest BCUT2D eigenvalue weighted by molar-refractivity contribution is -0.384. The highest BCUT2D eigenvalue weighted by Crippen LogP contribution is 2.33. The number of non-ortho nitro benzene ring substituents is 1. The Kier molecular flexibility index (Phi) is 5.99. The maximum absolute atomic E-state index is 12.7. The molecule has 0 atom stereocenters. The van der Waals surface area contributed by atoms with Gasteiger partial charge in [-0.05, 0) is 42.5 Å². The largest absolute Gasteiger partial charge is 0.457 e. The van der Waals surface area contributed by atoms with Gasteiger partial charge in [0.15, 0.2) is 0 Å². The molecule has 0 unspecified atom stereocenters. The number of nitrogens with zero attached hydrogens (tertiary/aromatic N) is 1. The number of nitro benzene ring substituents is 1. The number of nitrogens with one attached hydrogen (secondary N) is 2. The highest BCUT2D eigenvalue weighted by molar-refractivity contribution is 5.47. The van der Waals surface area contributed by atoms with Crippen LogP contribution in [-0.4, -0.2) is 4.92 Å². The molecule has 0 fully saturated rings. The summed E-state index contributed by atoms with van der Waals surface area (Å²) in [6.45, 7) is 0.173. The normalized spacial score (nSPS) is 11.1. The SMILES string of the molecule is O=[N+]([O-])c1ccc(Oc2ccc(C(F)(F)F)cc2)c(CNNc2ccccc2)c1. The highest BCUT2D eigenvalue weighted by Gasteiger charge is 2.30. The van der Waals surface area contributed by atoms with Crippen LogP contribution < -0.4 is 15.6 Å². The van der Waals surface area contributed by atoms with E-state index in [-0.39, 0.29) is 23.7 Å². The summed E-state index contributed by atoms with van der Waals surface area (Å²) in [5.74, 6) is 0.474. The van der Waals surface area contributed by atoms with Crippen molar-refractivity contribution in [1.29, 1.82) is 0 Å². The standard InChI is InChI=1S/C20H16F3N3O3/c21-20(22,23)15-6-9-18(10-7-15)29-19-11-8-17(26(27)28)12-14(19)13-24-25-16-4-2-1-3-5-16/h1-12,24-25H,13H2. The molecule has 29 heavy (non-hydrogen) atoms. The van der Waals surface area contributed by atoms with Gasteiger partial charge in [-0.1, -0.05) is 18.2 Å². The molecule has 0 aliphatic carbocycles. The zero-order chi connectivity index (χ0) is 20.9. The first kappa shape index (κ1) is 20.2. The van der Waals surface area contributed by atoms with Crippen molar-refractivity contribution in [2.75, 3.05) is 5.43 Å². The average Bonchev–Trinajstić information content (AvgIpc) is 2.69. The van der Waals surface area contributed by atoms with E-state index in [0.29, 0.717) is 5.56 Å². The maximum Gasteiger partial charge on any atom is 0.416 e. The summed E-state index contributed by atoms with van der Waals surface area (Å²) in [4.78, 5) is 10.5. The number of halogens is 3. The Bertz CT molecular complexity index is 978. The lowest BCUT2D eigenvalue weighted by atomic mass is 10.1. The van der Waals surface area contributed by atoms with Crippen molar-refractivity contribution in [1.82, 2.24) is 5.43 Å². The monoisotopic (exact) mass is 403 g/mol. The van der Waals surface area contributed by atoms with Crippen LogP contribution in [0.3, 0.4) is 0 Å². The fourth-order valence-corrected chi connectivity index (χ4v) is 2.52. The first-order chi connectivity index (χ1) is 13.8. The summed E-state index contributed by atoms with van der Waals surface area (Å²) in [6.07, 6.45) is -4.44. The summed E-state index contributed by atoms with van der Waals surface area (Å²) in [7, 11) is 0. The van der Waals surface area contributed by atoms with Crippen molar-refractivity contribution in [3.05, 3.63) is 94.0 Å². The third-order valence-corrected chi connectivity index (χ3v) is 3.95. The predicted octanol–water partition coefficient (Wildman–Crippen LogP) is 5.52. The van der Waals surface area contributed by atoms with E-state index in [4.69, 9.17) is 4.74 Å². The molecule has 0 amide bonds. The number of para-hydroxylation sites is 1. The summed E-state index contributed by atoms with van der Waals surface area (Å²) >= 11 is 0. The minimum atomic E-state index is -4.44. The van der Waals surface area contributed by atoms with E-state index in [1.54, 1.807) is 0 Å². The maximum atomic E-state index is 12.7. The molecular formula is C20H16F3N3O3. The van der Waals surface area contributed by atoms with Crippen molar-refractivity contribution in [2.45, 2.75) is 12.7 Å². The Morgan fingerprint density at radius 1 is 0.966 bits per heavy atom. The number of alkyl halides is 3. The molecule has 0 aliphatic heterocycles. The number of hydrazine groups is 1. The van der Waals surface area contributed by atoms with Gasteiger partial charge < -0.3 is 10.2 Å². The zero-order valence-corrected chi connectivity index (χ0v) is 14.9. The summed E-state index contributed by atoms with van der Waals surface area (Å²) < 4.78 is 43.7. The molecule has 2 N–H and O–H groups in total. The van der Waals surface area contributed by atoms with Crippen LogP contribution in [0, 0.1) is 10.1 Å². The quantitative estimate of drug-likeness (QED) is 0.401. The van der Waals surface area contributed by atoms with Crippen molar-refractivity contribution < 1.29 is 22.8 Å². The van der Waals surface area contributed by atoms with Gasteiger partial charge in [-0.15, -0.1) is 0 Å². The third-order valence-electron chi connectivity index (χ3n) is 3.95. The van der Waals surface area contributed by atoms with Crippen LogP contribution in [0.5, 0.6) is 11.5 Å². The molecule has 0 spiro atoms. The number of rotatable bonds is 7. The van der Waals surface area contributed by atoms with Crippen molar-refractivity contribution in [3.63, 3.8) is 0 Å². The van der Waals surface area contributed by atoms with E-state index in [0.717, 1.165) is 17.8 Å². The molecule has 0 radical (unpaired) electrons. The van der Waals surface area contributed by atoms with Gasteiger partial charge in [0, 0.05) is 29.9 Å². The Labute approximate surface area is 164 Å². The van der Waals surface area contributed by atoms with Crippen molar-refractivity contribution in [2.24, 2.45) is 0 Å². The van der Waals surface area contributed by atoms with Gasteiger partial charge >= 0.3 is 6.18 Å². The summed E-state index contributed by atoms with van der Waals surface area (Å²) in [6, 6.07) is 17.5. The van der Waals surface area contributed by atoms with E-state index >= 15 is 0 Å². The molecule has 0 aromatic heterocycles. The molecule has 150 valence electrons. The third kappa shape index (κ3) is 5.45. The summed E-state index contributed by atoms with van der Waals surface area (Å²) in [5.41, 5.74) is 6.24. The number of anilines is 1. The summed E-state index contributed by atoms with van der Waals surface area (Å²) in [5, 5.41) is 11.1. The van der Waals surface area contributed by atoms with Gasteiger partial charge in [0.05, 0.1) is 10.5 Å². The van der Waals surface area contributed by atoms with Gasteiger partial charge in [-0.3, -0.25) is 10.1 Å². The number of hydrogen-bond donors (Lipinski definition) is 2. The van der Waals surface area contributed by atoms with Crippen molar-refractivity contribution in [3.8, 4) is 11.5 Å². The molecule has 0 bridgehead atoms. The molecule has 0 saturated heterocycles. The lowest BCUT2D eigenvalue weighted by Gasteiger charge is -2.14. The van der Waals surface area contributed by atoms with Crippen LogP contribution in [0.1, 0.15) is 11.1 Å². The average molecular weight is 403 g/mol. The van der Waals surface area contributed by atoms with E-state index in [2.05, 4.69) is 10.9 Å². The molecule has 0 saturated carbocycles. The van der Waals surface area contributed by atoms with Crippen LogP contribution in [0.25, 0.3) is 0 Å². The fraction of sp³-hybridized carbons (Fsp3) is 0.100. The first-order valence-corrected chi connectivity index (χ1v) is 8.49. The number of nitro groups is 1. The van der Waals surface area contributed by atoms with E-state index < -0.39 is 16.7 Å². The van der Waals surface area contributed by atoms with Crippen molar-refractivity contribution >= 4 is 11.4 Å². The fourth-order valence-electron chi connectivity index (χ4n) is 2.52. The Morgan fingerprint density at radius 3 is 2.28 bits per heavy atom. The minimum Gasteiger partial charge on any atom is -0.457 e. The van der Waals surface area contributed by atoms with Crippen LogP contribution >= 0.6 is 0 Å². The smallest absolute Gasteiger partial charge is 0.416 e. The van der Waals surface area contributed by atoms with Gasteiger partial charge in [0.1, 0.15) is 11.5 Å². The molecular weight excluding hydrogens is 387 g/mol. The second-order valence-corrected chi connectivity index (χ2v) is 6.02. The van der Waals surface area contributed by atoms with E-state index in [1.165, 1.54) is 30.3 Å². The second kappa shape index (κ2) is 8.61. The van der Waals surface area contributed by atoms with Crippen LogP contribution in [0.2, 0.25) is 0 Å². The van der Waals surface area contributed by atoms with Gasteiger partial charge in [-0.2, -0.15) is 13.2 Å². The van der Waals surface area contributed by atoms with E-state index in [1.807, 2.05) is 30.3 Å². The highest BCUT2D eigenvalue weighted by atomic mass is 19.4. The lowest BCUT2D eigenvalue weighted by Crippen LogP contribution is -2.21. The Hall–Kier alpha value is -3.59. The molecule has 3 aromatic carbocycles. The molecule has 6 nitrogen and oxygen atoms in total. The number of ether oxygens (including phenoxy) is 1. The van der Waals surface area contributed by atoms with Crippen LogP contribution in [0.4, 0.5) is 24.5 Å². The van der Waals surface area contributed by atoms with E-state index in [9.17, 15) is 23.3 Å². The number of hydrogen-bond acceptors (Lipinski definition) is 5. The Morgan fingerprint density at radius 2 is 1.66 bits per heavy atom. The van der Waals surface area contributed by atoms with Gasteiger partial charge in [0.2, 0.25) is 0 Å². The molecule has 3 rings (SSSR count). The number of benzene rings is 3.